The van der Waals surface area contributed by atoms with Crippen LogP contribution in [-0.4, -0.2) is 35.7 Å². The molecule has 1 aromatic heterocycles. The predicted octanol–water partition coefficient (Wildman–Crippen LogP) is 7.62. The third-order valence-electron chi connectivity index (χ3n) is 7.46. The van der Waals surface area contributed by atoms with Gasteiger partial charge in [0.25, 0.3) is 0 Å². The molecular formula is C34H29Cl2FN4. The number of aryl methyl sites for hydroxylation is 2. The molecule has 4 aromatic carbocycles. The number of fused-ring (bicyclic) bond motifs is 1. The van der Waals surface area contributed by atoms with Crippen LogP contribution in [0.5, 0.6) is 0 Å². The summed E-state index contributed by atoms with van der Waals surface area (Å²) in [5.41, 5.74) is 7.57. The summed E-state index contributed by atoms with van der Waals surface area (Å²) in [7, 11) is 0. The van der Waals surface area contributed by atoms with Gasteiger partial charge in [-0.15, -0.1) is 0 Å². The second kappa shape index (κ2) is 11.6. The first-order chi connectivity index (χ1) is 19.9. The summed E-state index contributed by atoms with van der Waals surface area (Å²) in [5, 5.41) is 4.66. The number of benzene rings is 4. The zero-order chi connectivity index (χ0) is 28.5. The van der Waals surface area contributed by atoms with Crippen molar-refractivity contribution in [3.63, 3.8) is 0 Å². The van der Waals surface area contributed by atoms with Crippen LogP contribution in [0.3, 0.4) is 0 Å². The summed E-state index contributed by atoms with van der Waals surface area (Å²) in [6.45, 7) is 7.61. The fourth-order valence-corrected chi connectivity index (χ4v) is 5.87. The quantitative estimate of drug-likeness (QED) is 0.221. The van der Waals surface area contributed by atoms with E-state index in [0.717, 1.165) is 71.0 Å². The normalized spacial score (nSPS) is 13.3. The number of nitrogens with zero attached hydrogens (tertiary/aromatic N) is 3. The van der Waals surface area contributed by atoms with E-state index in [-0.39, 0.29) is 5.82 Å². The number of hydrogen-bond acceptors (Lipinski definition) is 3. The molecule has 0 spiro atoms. The highest BCUT2D eigenvalue weighted by molar-refractivity contribution is 6.32. The third kappa shape index (κ3) is 5.56. The lowest BCUT2D eigenvalue weighted by molar-refractivity contribution is 0.571. The molecule has 5 aromatic rings. The highest BCUT2D eigenvalue weighted by Crippen LogP contribution is 2.36. The van der Waals surface area contributed by atoms with Crippen LogP contribution in [0.2, 0.25) is 10.0 Å². The first kappa shape index (κ1) is 27.4. The minimum absolute atomic E-state index is 0.161. The fraction of sp³-hybridized carbons (Fsp3) is 0.206. The highest BCUT2D eigenvalue weighted by Gasteiger charge is 2.23. The Morgan fingerprint density at radius 1 is 0.854 bits per heavy atom. The maximum Gasteiger partial charge on any atom is 0.206 e. The molecule has 0 atom stereocenters. The van der Waals surface area contributed by atoms with Crippen molar-refractivity contribution in [1.82, 2.24) is 14.9 Å². The van der Waals surface area contributed by atoms with Crippen LogP contribution in [0.15, 0.2) is 72.8 Å². The first-order valence-electron chi connectivity index (χ1n) is 13.7. The van der Waals surface area contributed by atoms with E-state index in [2.05, 4.69) is 32.7 Å². The van der Waals surface area contributed by atoms with Crippen molar-refractivity contribution in [2.24, 2.45) is 0 Å². The van der Waals surface area contributed by atoms with Crippen molar-refractivity contribution < 1.29 is 4.39 Å². The van der Waals surface area contributed by atoms with E-state index in [1.807, 2.05) is 80.6 Å². The second-order valence-electron chi connectivity index (χ2n) is 10.4. The molecule has 7 heteroatoms. The molecule has 1 N–H and O–H groups in total. The van der Waals surface area contributed by atoms with E-state index in [1.54, 1.807) is 0 Å². The Bertz CT molecular complexity index is 1800. The lowest BCUT2D eigenvalue weighted by Crippen LogP contribution is -2.44. The van der Waals surface area contributed by atoms with Gasteiger partial charge in [-0.05, 0) is 66.4 Å². The van der Waals surface area contributed by atoms with Gasteiger partial charge in [-0.25, -0.2) is 9.37 Å². The molecule has 41 heavy (non-hydrogen) atoms. The molecule has 0 bridgehead atoms. The molecule has 6 rings (SSSR count). The Hall–Kier alpha value is -3.82. The van der Waals surface area contributed by atoms with Crippen LogP contribution in [0.4, 0.5) is 10.3 Å². The minimum atomic E-state index is -0.161. The molecule has 0 amide bonds. The van der Waals surface area contributed by atoms with Gasteiger partial charge < -0.3 is 14.8 Å². The van der Waals surface area contributed by atoms with E-state index < -0.39 is 0 Å². The number of anilines is 1. The standard InChI is InChI=1S/C34H29Cl2FN4/c1-22-17-24(18-23(2)32(22)37)21-41-31-20-27(35)19-29(33(31)39-34(41)40-15-13-38-14-16-40)28-9-5-3-7-25(28)11-12-26-8-4-6-10-30(26)36/h3-10,17-20,38H,13-16,21H2,1-2H3. The van der Waals surface area contributed by atoms with Crippen molar-refractivity contribution in [3.8, 4) is 23.0 Å². The fourth-order valence-electron chi connectivity index (χ4n) is 5.48. The number of halogens is 3. The number of aromatic nitrogens is 2. The molecule has 0 saturated carbocycles. The number of imidazole rings is 1. The lowest BCUT2D eigenvalue weighted by atomic mass is 9.98. The van der Waals surface area contributed by atoms with Gasteiger partial charge in [0.05, 0.1) is 22.6 Å². The second-order valence-corrected chi connectivity index (χ2v) is 11.2. The molecule has 0 unspecified atom stereocenters. The monoisotopic (exact) mass is 582 g/mol. The Morgan fingerprint density at radius 2 is 1.51 bits per heavy atom. The van der Waals surface area contributed by atoms with E-state index >= 15 is 0 Å². The predicted molar refractivity (Wildman–Crippen MR) is 168 cm³/mol. The number of rotatable bonds is 4. The summed E-state index contributed by atoms with van der Waals surface area (Å²) in [5.74, 6) is 7.28. The van der Waals surface area contributed by atoms with Crippen molar-refractivity contribution in [1.29, 1.82) is 0 Å². The van der Waals surface area contributed by atoms with Gasteiger partial charge in [0.1, 0.15) is 5.82 Å². The molecule has 1 saturated heterocycles. The molecule has 4 nitrogen and oxygen atoms in total. The van der Waals surface area contributed by atoms with Crippen molar-refractivity contribution in [2.75, 3.05) is 31.1 Å². The summed E-state index contributed by atoms with van der Waals surface area (Å²) < 4.78 is 16.7. The van der Waals surface area contributed by atoms with Crippen LogP contribution in [0.1, 0.15) is 27.8 Å². The zero-order valence-electron chi connectivity index (χ0n) is 22.9. The number of nitrogens with one attached hydrogen (secondary N) is 1. The topological polar surface area (TPSA) is 33.1 Å². The molecule has 1 aliphatic rings. The summed E-state index contributed by atoms with van der Waals surface area (Å²) >= 11 is 13.2. The molecule has 1 fully saturated rings. The van der Waals surface area contributed by atoms with E-state index in [9.17, 15) is 4.39 Å². The average molecular weight is 584 g/mol. The van der Waals surface area contributed by atoms with E-state index in [1.165, 1.54) is 0 Å². The van der Waals surface area contributed by atoms with Crippen LogP contribution < -0.4 is 10.2 Å². The Labute approximate surface area is 249 Å². The molecule has 2 heterocycles. The molecule has 206 valence electrons. The summed E-state index contributed by atoms with van der Waals surface area (Å²) in [4.78, 5) is 7.55. The molecule has 1 aliphatic heterocycles. The minimum Gasteiger partial charge on any atom is -0.340 e. The number of hydrogen-bond donors (Lipinski definition) is 1. The Balaban J connectivity index is 1.53. The summed E-state index contributed by atoms with van der Waals surface area (Å²) in [6, 6.07) is 23.4. The van der Waals surface area contributed by atoms with Crippen LogP contribution in [0, 0.1) is 31.5 Å². The molecule has 0 radical (unpaired) electrons. The van der Waals surface area contributed by atoms with Crippen LogP contribution in [-0.2, 0) is 6.54 Å². The summed E-state index contributed by atoms with van der Waals surface area (Å²) in [6.07, 6.45) is 0. The Morgan fingerprint density at radius 3 is 2.24 bits per heavy atom. The Kier molecular flexibility index (Phi) is 7.73. The van der Waals surface area contributed by atoms with E-state index in [4.69, 9.17) is 28.2 Å². The maximum absolute atomic E-state index is 14.5. The highest BCUT2D eigenvalue weighted by atomic mass is 35.5. The van der Waals surface area contributed by atoms with Gasteiger partial charge >= 0.3 is 0 Å². The third-order valence-corrected chi connectivity index (χ3v) is 8.01. The van der Waals surface area contributed by atoms with Gasteiger partial charge in [0, 0.05) is 47.9 Å². The molecular weight excluding hydrogens is 554 g/mol. The lowest BCUT2D eigenvalue weighted by Gasteiger charge is -2.29. The van der Waals surface area contributed by atoms with Gasteiger partial charge in [-0.1, -0.05) is 77.5 Å². The maximum atomic E-state index is 14.5. The molecule has 0 aliphatic carbocycles. The average Bonchev–Trinajstić information content (AvgIpc) is 3.33. The zero-order valence-corrected chi connectivity index (χ0v) is 24.5. The van der Waals surface area contributed by atoms with E-state index in [0.29, 0.717) is 27.7 Å². The SMILES string of the molecule is Cc1cc(Cn2c(N3CCNCC3)nc3c(-c4ccccc4C#Cc4ccccc4Cl)cc(Cl)cc32)cc(C)c1F. The van der Waals surface area contributed by atoms with Gasteiger partial charge in [0.15, 0.2) is 0 Å². The van der Waals surface area contributed by atoms with Crippen molar-refractivity contribution in [2.45, 2.75) is 20.4 Å². The van der Waals surface area contributed by atoms with Crippen LogP contribution in [0.25, 0.3) is 22.2 Å². The number of piperazine rings is 1. The van der Waals surface area contributed by atoms with Gasteiger partial charge in [0.2, 0.25) is 5.95 Å². The van der Waals surface area contributed by atoms with Crippen molar-refractivity contribution in [3.05, 3.63) is 116 Å². The smallest absolute Gasteiger partial charge is 0.206 e. The van der Waals surface area contributed by atoms with Gasteiger partial charge in [-0.2, -0.15) is 0 Å². The first-order valence-corrected chi connectivity index (χ1v) is 14.4. The van der Waals surface area contributed by atoms with Crippen molar-refractivity contribution >= 4 is 40.2 Å². The largest absolute Gasteiger partial charge is 0.340 e. The van der Waals surface area contributed by atoms with Gasteiger partial charge in [-0.3, -0.25) is 0 Å². The van der Waals surface area contributed by atoms with Crippen LogP contribution >= 0.6 is 23.2 Å².